The number of hydrogen-bond acceptors (Lipinski definition) is 3. The summed E-state index contributed by atoms with van der Waals surface area (Å²) in [6, 6.07) is 8.19. The van der Waals surface area contributed by atoms with Crippen LogP contribution in [-0.4, -0.2) is 34.6 Å². The van der Waals surface area contributed by atoms with Gasteiger partial charge < -0.3 is 10.0 Å². The molecule has 1 N–H and O–H groups in total. The maximum absolute atomic E-state index is 11.2. The molecule has 0 bridgehead atoms. The van der Waals surface area contributed by atoms with Crippen molar-refractivity contribution in [3.8, 4) is 0 Å². The summed E-state index contributed by atoms with van der Waals surface area (Å²) in [6.07, 6.45) is 6.36. The minimum Gasteiger partial charge on any atom is -0.385 e. The van der Waals surface area contributed by atoms with Gasteiger partial charge in [0.15, 0.2) is 0 Å². The molecule has 2 heterocycles. The fraction of sp³-hybridized carbons (Fsp3) is 0.471. The van der Waals surface area contributed by atoms with Crippen molar-refractivity contribution in [2.24, 2.45) is 0 Å². The van der Waals surface area contributed by atoms with Crippen LogP contribution in [0.5, 0.6) is 0 Å². The van der Waals surface area contributed by atoms with Crippen LogP contribution in [0.1, 0.15) is 31.7 Å². The molecule has 1 aromatic carbocycles. The minimum atomic E-state index is -0.716. The van der Waals surface area contributed by atoms with E-state index in [4.69, 9.17) is 0 Å². The van der Waals surface area contributed by atoms with Crippen molar-refractivity contribution in [3.63, 3.8) is 0 Å². The molecule has 0 saturated carbocycles. The Labute approximate surface area is 120 Å². The maximum Gasteiger partial charge on any atom is 0.0915 e. The van der Waals surface area contributed by atoms with Crippen LogP contribution in [0.2, 0.25) is 0 Å². The lowest BCUT2D eigenvalue weighted by Crippen LogP contribution is -2.29. The number of rotatable bonds is 2. The van der Waals surface area contributed by atoms with Crippen molar-refractivity contribution in [1.29, 1.82) is 0 Å². The first-order valence-corrected chi connectivity index (χ1v) is 7.51. The fourth-order valence-corrected chi connectivity index (χ4v) is 3.28. The van der Waals surface area contributed by atoms with Crippen molar-refractivity contribution in [1.82, 2.24) is 9.88 Å². The van der Waals surface area contributed by atoms with E-state index in [1.54, 1.807) is 0 Å². The molecule has 1 aromatic heterocycles. The molecule has 0 aliphatic carbocycles. The van der Waals surface area contributed by atoms with Crippen LogP contribution in [0, 0.1) is 0 Å². The normalized spacial score (nSPS) is 24.7. The van der Waals surface area contributed by atoms with Crippen LogP contribution >= 0.6 is 0 Å². The van der Waals surface area contributed by atoms with Crippen molar-refractivity contribution in [2.75, 3.05) is 19.6 Å². The highest BCUT2D eigenvalue weighted by Gasteiger charge is 2.32. The topological polar surface area (TPSA) is 36.4 Å². The molecule has 1 unspecified atom stereocenters. The first-order chi connectivity index (χ1) is 9.73. The number of likely N-dealkylation sites (tertiary alicyclic amines) is 1. The van der Waals surface area contributed by atoms with E-state index in [0.29, 0.717) is 0 Å². The van der Waals surface area contributed by atoms with Gasteiger partial charge in [-0.1, -0.05) is 25.1 Å². The molecule has 0 spiro atoms. The molecule has 1 atom stereocenters. The van der Waals surface area contributed by atoms with Crippen molar-refractivity contribution in [3.05, 3.63) is 42.2 Å². The van der Waals surface area contributed by atoms with Gasteiger partial charge in [-0.25, -0.2) is 0 Å². The van der Waals surface area contributed by atoms with E-state index in [9.17, 15) is 5.11 Å². The molecule has 1 aliphatic rings. The Hall–Kier alpha value is -1.45. The van der Waals surface area contributed by atoms with Crippen LogP contribution in [0.25, 0.3) is 10.8 Å². The Kier molecular flexibility index (Phi) is 3.72. The van der Waals surface area contributed by atoms with E-state index < -0.39 is 5.60 Å². The summed E-state index contributed by atoms with van der Waals surface area (Å²) >= 11 is 0. The van der Waals surface area contributed by atoms with Gasteiger partial charge in [0.1, 0.15) is 0 Å². The molecule has 1 fully saturated rings. The van der Waals surface area contributed by atoms with Gasteiger partial charge in [0.2, 0.25) is 0 Å². The number of pyridine rings is 1. The number of aromatic nitrogens is 1. The summed E-state index contributed by atoms with van der Waals surface area (Å²) in [6.45, 7) is 5.30. The molecule has 0 amide bonds. The third-order valence-corrected chi connectivity index (χ3v) is 4.54. The van der Waals surface area contributed by atoms with Gasteiger partial charge >= 0.3 is 0 Å². The lowest BCUT2D eigenvalue weighted by atomic mass is 9.84. The quantitative estimate of drug-likeness (QED) is 0.911. The molecule has 20 heavy (non-hydrogen) atoms. The van der Waals surface area contributed by atoms with Crippen LogP contribution in [0.3, 0.4) is 0 Å². The first kappa shape index (κ1) is 13.5. The Bertz CT molecular complexity index is 593. The Balaban J connectivity index is 2.01. The second-order valence-corrected chi connectivity index (χ2v) is 5.72. The lowest BCUT2D eigenvalue weighted by Gasteiger charge is -2.28. The van der Waals surface area contributed by atoms with Gasteiger partial charge in [-0.05, 0) is 49.4 Å². The van der Waals surface area contributed by atoms with E-state index in [-0.39, 0.29) is 0 Å². The zero-order chi connectivity index (χ0) is 14.0. The monoisotopic (exact) mass is 270 g/mol. The predicted molar refractivity (Wildman–Crippen MR) is 81.6 cm³/mol. The van der Waals surface area contributed by atoms with Gasteiger partial charge in [0, 0.05) is 24.3 Å². The van der Waals surface area contributed by atoms with Crippen LogP contribution in [0.4, 0.5) is 0 Å². The highest BCUT2D eigenvalue weighted by molar-refractivity contribution is 5.85. The predicted octanol–water partition coefficient (Wildman–Crippen LogP) is 2.93. The zero-order valence-corrected chi connectivity index (χ0v) is 12.0. The smallest absolute Gasteiger partial charge is 0.0915 e. The number of benzene rings is 1. The summed E-state index contributed by atoms with van der Waals surface area (Å²) in [5, 5.41) is 13.4. The van der Waals surface area contributed by atoms with E-state index in [2.05, 4.69) is 28.9 Å². The average molecular weight is 270 g/mol. The molecular formula is C17H22N2O. The van der Waals surface area contributed by atoms with Crippen molar-refractivity contribution in [2.45, 2.75) is 31.8 Å². The number of hydrogen-bond donors (Lipinski definition) is 1. The first-order valence-electron chi connectivity index (χ1n) is 7.51. The highest BCUT2D eigenvalue weighted by Crippen LogP contribution is 2.36. The lowest BCUT2D eigenvalue weighted by molar-refractivity contribution is 0.0228. The second-order valence-electron chi connectivity index (χ2n) is 5.72. The van der Waals surface area contributed by atoms with E-state index in [1.807, 2.05) is 24.5 Å². The maximum atomic E-state index is 11.2. The summed E-state index contributed by atoms with van der Waals surface area (Å²) in [7, 11) is 0. The standard InChI is InChI=1S/C17H22N2O/c1-2-19-11-4-8-17(20,9-12-19)16-6-3-5-14-7-10-18-13-15(14)16/h3,5-7,10,13,20H,2,4,8-9,11-12H2,1H3. The minimum absolute atomic E-state index is 0.716. The average Bonchev–Trinajstić information content (AvgIpc) is 2.69. The molecule has 1 saturated heterocycles. The molecule has 3 heteroatoms. The molecule has 3 rings (SSSR count). The largest absolute Gasteiger partial charge is 0.385 e. The van der Waals surface area contributed by atoms with Gasteiger partial charge in [0.25, 0.3) is 0 Å². The Morgan fingerprint density at radius 3 is 3.00 bits per heavy atom. The van der Waals surface area contributed by atoms with Gasteiger partial charge in [-0.15, -0.1) is 0 Å². The zero-order valence-electron chi connectivity index (χ0n) is 12.0. The molecule has 2 aromatic rings. The SMILES string of the molecule is CCN1CCCC(O)(c2cccc3ccncc23)CC1. The van der Waals surface area contributed by atoms with E-state index >= 15 is 0 Å². The van der Waals surface area contributed by atoms with Crippen molar-refractivity contribution >= 4 is 10.8 Å². The van der Waals surface area contributed by atoms with Crippen LogP contribution in [-0.2, 0) is 5.60 Å². The van der Waals surface area contributed by atoms with Gasteiger partial charge in [-0.2, -0.15) is 0 Å². The van der Waals surface area contributed by atoms with Crippen LogP contribution < -0.4 is 0 Å². The summed E-state index contributed by atoms with van der Waals surface area (Å²) in [5.41, 5.74) is 0.327. The molecular weight excluding hydrogens is 248 g/mol. The van der Waals surface area contributed by atoms with E-state index in [1.165, 1.54) is 0 Å². The van der Waals surface area contributed by atoms with E-state index in [0.717, 1.165) is 55.2 Å². The van der Waals surface area contributed by atoms with Crippen LogP contribution in [0.15, 0.2) is 36.7 Å². The van der Waals surface area contributed by atoms with Crippen molar-refractivity contribution < 1.29 is 5.11 Å². The summed E-state index contributed by atoms with van der Waals surface area (Å²) in [5.74, 6) is 0. The summed E-state index contributed by atoms with van der Waals surface area (Å²) < 4.78 is 0. The molecule has 0 radical (unpaired) electrons. The molecule has 1 aliphatic heterocycles. The van der Waals surface area contributed by atoms with Gasteiger partial charge in [0.05, 0.1) is 5.60 Å². The van der Waals surface area contributed by atoms with Gasteiger partial charge in [-0.3, -0.25) is 4.98 Å². The highest BCUT2D eigenvalue weighted by atomic mass is 16.3. The number of nitrogens with zero attached hydrogens (tertiary/aromatic N) is 2. The Morgan fingerprint density at radius 1 is 1.25 bits per heavy atom. The molecule has 106 valence electrons. The Morgan fingerprint density at radius 2 is 2.15 bits per heavy atom. The number of aliphatic hydroxyl groups is 1. The third-order valence-electron chi connectivity index (χ3n) is 4.54. The molecule has 3 nitrogen and oxygen atoms in total. The number of fused-ring (bicyclic) bond motifs is 1. The third kappa shape index (κ3) is 2.43. The summed E-state index contributed by atoms with van der Waals surface area (Å²) in [4.78, 5) is 6.65. The fourth-order valence-electron chi connectivity index (χ4n) is 3.28. The second kappa shape index (κ2) is 5.51.